The normalized spacial score (nSPS) is 23.8. The van der Waals surface area contributed by atoms with Crippen LogP contribution in [-0.4, -0.2) is 77.8 Å². The summed E-state index contributed by atoms with van der Waals surface area (Å²) in [7, 11) is 5.28. The first kappa shape index (κ1) is 23.9. The summed E-state index contributed by atoms with van der Waals surface area (Å²) >= 11 is 0. The lowest BCUT2D eigenvalue weighted by atomic mass is 9.89. The Hall–Kier alpha value is -3.47. The smallest absolute Gasteiger partial charge is 0.270 e. The van der Waals surface area contributed by atoms with Crippen molar-refractivity contribution in [1.82, 2.24) is 24.5 Å². The Morgan fingerprint density at radius 1 is 1.14 bits per heavy atom. The monoisotopic (exact) mass is 504 g/mol. The Bertz CT molecular complexity index is 1440. The van der Waals surface area contributed by atoms with E-state index in [-0.39, 0.29) is 30.2 Å². The van der Waals surface area contributed by atoms with E-state index in [1.165, 1.54) is 0 Å². The van der Waals surface area contributed by atoms with Crippen LogP contribution in [0.5, 0.6) is 0 Å². The molecule has 2 N–H and O–H groups in total. The summed E-state index contributed by atoms with van der Waals surface area (Å²) in [5.74, 6) is -0.160. The maximum atomic E-state index is 13.2. The highest BCUT2D eigenvalue weighted by atomic mass is 16.5. The second-order valence-electron chi connectivity index (χ2n) is 9.67. The van der Waals surface area contributed by atoms with Crippen molar-refractivity contribution in [2.75, 3.05) is 39.8 Å². The second-order valence-corrected chi connectivity index (χ2v) is 9.67. The molecule has 0 radical (unpaired) electrons. The number of nitrogens with one attached hydrogen (secondary N) is 2. The molecule has 194 valence electrons. The summed E-state index contributed by atoms with van der Waals surface area (Å²) < 4.78 is 20.8. The number of methoxy groups -OCH3 is 2. The largest absolute Gasteiger partial charge is 0.386 e. The third-order valence-corrected chi connectivity index (χ3v) is 7.75. The van der Waals surface area contributed by atoms with Crippen LogP contribution in [0.3, 0.4) is 0 Å². The molecule has 1 saturated carbocycles. The Labute approximate surface area is 214 Å². The van der Waals surface area contributed by atoms with Gasteiger partial charge >= 0.3 is 0 Å². The molecule has 4 aromatic rings. The molecule has 1 aliphatic carbocycles. The van der Waals surface area contributed by atoms with Crippen LogP contribution in [0.4, 0.5) is 5.69 Å². The lowest BCUT2D eigenvalue weighted by Crippen LogP contribution is -2.51. The molecule has 5 heterocycles. The summed E-state index contributed by atoms with van der Waals surface area (Å²) in [6.07, 6.45) is 6.61. The predicted octanol–water partition coefficient (Wildman–Crippen LogP) is 3.28. The topological polar surface area (TPSA) is 104 Å². The molecule has 2 aliphatic rings. The van der Waals surface area contributed by atoms with Crippen LogP contribution in [-0.2, 0) is 14.2 Å². The predicted molar refractivity (Wildman–Crippen MR) is 140 cm³/mol. The van der Waals surface area contributed by atoms with Crippen LogP contribution >= 0.6 is 0 Å². The maximum Gasteiger partial charge on any atom is 0.270 e. The molecule has 10 nitrogen and oxygen atoms in total. The molecule has 10 heteroatoms. The van der Waals surface area contributed by atoms with Gasteiger partial charge in [0.05, 0.1) is 41.7 Å². The van der Waals surface area contributed by atoms with Crippen LogP contribution in [0.1, 0.15) is 35.8 Å². The second kappa shape index (κ2) is 9.77. The highest BCUT2D eigenvalue weighted by Crippen LogP contribution is 2.36. The molecule has 1 aliphatic heterocycles. The van der Waals surface area contributed by atoms with Crippen molar-refractivity contribution in [3.8, 4) is 11.3 Å². The Kier molecular flexibility index (Phi) is 6.31. The number of carbonyl (C=O) groups excluding carboxylic acids is 1. The number of pyridine rings is 1. The van der Waals surface area contributed by atoms with E-state index in [0.29, 0.717) is 18.9 Å². The van der Waals surface area contributed by atoms with E-state index in [1.54, 1.807) is 18.7 Å². The van der Waals surface area contributed by atoms with Crippen molar-refractivity contribution in [2.45, 2.75) is 43.6 Å². The fourth-order valence-corrected chi connectivity index (χ4v) is 5.53. The number of hydrogen-bond acceptors (Lipinski definition) is 7. The maximum absolute atomic E-state index is 13.2. The van der Waals surface area contributed by atoms with E-state index in [9.17, 15) is 4.79 Å². The van der Waals surface area contributed by atoms with Gasteiger partial charge in [-0.25, -0.2) is 9.50 Å². The molecule has 4 atom stereocenters. The average Bonchev–Trinajstić information content (AvgIpc) is 3.53. The highest BCUT2D eigenvalue weighted by molar-refractivity contribution is 5.97. The Morgan fingerprint density at radius 2 is 2.00 bits per heavy atom. The fourth-order valence-electron chi connectivity index (χ4n) is 5.53. The molecule has 2 fully saturated rings. The summed E-state index contributed by atoms with van der Waals surface area (Å²) in [4.78, 5) is 18.0. The number of aromatic nitrogens is 4. The quantitative estimate of drug-likeness (QED) is 0.398. The molecule has 1 amide bonds. The van der Waals surface area contributed by atoms with E-state index in [2.05, 4.69) is 27.5 Å². The molecule has 0 aromatic carbocycles. The zero-order chi connectivity index (χ0) is 25.5. The van der Waals surface area contributed by atoms with Crippen molar-refractivity contribution in [3.05, 3.63) is 48.4 Å². The number of carbonyl (C=O) groups is 1. The number of nitrogens with zero attached hydrogens (tertiary/aromatic N) is 4. The third kappa shape index (κ3) is 4.05. The molecule has 0 unspecified atom stereocenters. The minimum absolute atomic E-state index is 0.0206. The summed E-state index contributed by atoms with van der Waals surface area (Å²) in [5.41, 5.74) is 4.77. The Balaban J connectivity index is 1.45. The van der Waals surface area contributed by atoms with E-state index in [1.807, 2.05) is 37.5 Å². The van der Waals surface area contributed by atoms with Gasteiger partial charge in [-0.05, 0) is 49.6 Å². The number of amides is 1. The lowest BCUT2D eigenvalue weighted by Gasteiger charge is -2.35. The third-order valence-electron chi connectivity index (χ3n) is 7.75. The van der Waals surface area contributed by atoms with Gasteiger partial charge in [0.15, 0.2) is 0 Å². The van der Waals surface area contributed by atoms with Gasteiger partial charge in [-0.1, -0.05) is 0 Å². The molecule has 4 aromatic heterocycles. The van der Waals surface area contributed by atoms with Crippen LogP contribution < -0.4 is 10.6 Å². The van der Waals surface area contributed by atoms with Gasteiger partial charge in [0, 0.05) is 51.2 Å². The zero-order valence-electron chi connectivity index (χ0n) is 21.3. The van der Waals surface area contributed by atoms with Crippen LogP contribution in [0.2, 0.25) is 0 Å². The van der Waals surface area contributed by atoms with Gasteiger partial charge in [-0.15, -0.1) is 0 Å². The molecular weight excluding hydrogens is 472 g/mol. The number of rotatable bonds is 7. The summed E-state index contributed by atoms with van der Waals surface area (Å²) in [6.45, 7) is 1.22. The molecule has 0 spiro atoms. The van der Waals surface area contributed by atoms with Gasteiger partial charge in [0.25, 0.3) is 5.91 Å². The zero-order valence-corrected chi connectivity index (χ0v) is 21.3. The van der Waals surface area contributed by atoms with Crippen molar-refractivity contribution in [3.63, 3.8) is 0 Å². The number of anilines is 1. The first-order valence-electron chi connectivity index (χ1n) is 12.7. The van der Waals surface area contributed by atoms with Crippen molar-refractivity contribution < 1.29 is 19.0 Å². The van der Waals surface area contributed by atoms with Gasteiger partial charge in [0.2, 0.25) is 0 Å². The highest BCUT2D eigenvalue weighted by Gasteiger charge is 2.33. The van der Waals surface area contributed by atoms with Crippen molar-refractivity contribution >= 4 is 28.1 Å². The molecule has 0 bridgehead atoms. The first-order valence-corrected chi connectivity index (χ1v) is 12.7. The Morgan fingerprint density at radius 3 is 2.76 bits per heavy atom. The average molecular weight is 505 g/mol. The van der Waals surface area contributed by atoms with Gasteiger partial charge < -0.3 is 29.4 Å². The number of fused-ring (bicyclic) bond motifs is 2. The summed E-state index contributed by atoms with van der Waals surface area (Å²) in [6, 6.07) is 9.87. The van der Waals surface area contributed by atoms with E-state index in [4.69, 9.17) is 24.3 Å². The van der Waals surface area contributed by atoms with E-state index >= 15 is 0 Å². The van der Waals surface area contributed by atoms with Crippen LogP contribution in [0, 0.1) is 0 Å². The van der Waals surface area contributed by atoms with Crippen molar-refractivity contribution in [1.29, 1.82) is 0 Å². The number of hydrogen-bond donors (Lipinski definition) is 2. The molecular formula is C27H32N6O4. The van der Waals surface area contributed by atoms with E-state index < -0.39 is 0 Å². The van der Waals surface area contributed by atoms with Crippen LogP contribution in [0.25, 0.3) is 27.8 Å². The minimum atomic E-state index is -0.160. The first-order chi connectivity index (χ1) is 18.1. The fraction of sp³-hybridized carbons (Fsp3) is 0.444. The van der Waals surface area contributed by atoms with Gasteiger partial charge in [0.1, 0.15) is 17.4 Å². The molecule has 37 heavy (non-hydrogen) atoms. The summed E-state index contributed by atoms with van der Waals surface area (Å²) in [5, 5.41) is 12.3. The van der Waals surface area contributed by atoms with Crippen LogP contribution in [0.15, 0.2) is 42.7 Å². The van der Waals surface area contributed by atoms with Gasteiger partial charge in [-0.3, -0.25) is 4.79 Å². The molecule has 1 saturated heterocycles. The van der Waals surface area contributed by atoms with Crippen molar-refractivity contribution in [2.24, 2.45) is 0 Å². The number of ether oxygens (including phenoxy) is 3. The van der Waals surface area contributed by atoms with Gasteiger partial charge in [-0.2, -0.15) is 5.10 Å². The SMILES string of the molecule is CNc1cc(-c2cn([C@H]3CCOC[C@@H]3OC)c3ncccc23)nn2c(C(=O)N[C@H]3CC[C@@H]3OC)ccc12. The van der Waals surface area contributed by atoms with E-state index in [0.717, 1.165) is 52.8 Å². The standard InChI is InChI=1S/C27H32N6O4/c1-28-20-13-19(31-33-21(20)7-8-23(33)27(34)30-18-6-9-24(18)35-2)17-14-32(26-16(17)5-4-11-29-26)22-10-12-37-15-25(22)36-3/h4-5,7-8,11,13-14,18,22,24-25,28H,6,9-10,12,15H2,1-3H3,(H,30,34)/t18-,22-,24-,25-/m0/s1. The lowest BCUT2D eigenvalue weighted by molar-refractivity contribution is -0.0592. The molecule has 6 rings (SSSR count). The minimum Gasteiger partial charge on any atom is -0.386 e.